The minimum atomic E-state index is -1.01. The van der Waals surface area contributed by atoms with E-state index in [0.29, 0.717) is 32.5 Å². The van der Waals surface area contributed by atoms with Crippen LogP contribution in [0.5, 0.6) is 0 Å². The molecule has 0 spiro atoms. The zero-order valence-corrected chi connectivity index (χ0v) is 30.6. The van der Waals surface area contributed by atoms with Crippen LogP contribution in [0, 0.1) is 28.6 Å². The molecule has 274 valence electrons. The average Bonchev–Trinajstić information content (AvgIpc) is 3.36. The van der Waals surface area contributed by atoms with E-state index in [1.807, 2.05) is 32.6 Å². The summed E-state index contributed by atoms with van der Waals surface area (Å²) in [4.78, 5) is 84.0. The number of piperidine rings is 2. The van der Waals surface area contributed by atoms with Crippen LogP contribution in [0.15, 0.2) is 12.7 Å². The zero-order valence-electron chi connectivity index (χ0n) is 30.6. The van der Waals surface area contributed by atoms with Gasteiger partial charge in [0, 0.05) is 32.6 Å². The Morgan fingerprint density at radius 2 is 1.69 bits per heavy atom. The van der Waals surface area contributed by atoms with Crippen LogP contribution < -0.4 is 21.3 Å². The van der Waals surface area contributed by atoms with Gasteiger partial charge < -0.3 is 31.1 Å². The number of amides is 6. The molecule has 0 radical (unpaired) electrons. The number of urea groups is 1. The van der Waals surface area contributed by atoms with Crippen molar-refractivity contribution in [1.82, 2.24) is 31.1 Å². The quantitative estimate of drug-likeness (QED) is 0.163. The predicted molar refractivity (Wildman–Crippen MR) is 187 cm³/mol. The lowest BCUT2D eigenvalue weighted by Crippen LogP contribution is -2.62. The molecular formula is C37H60N6O6. The van der Waals surface area contributed by atoms with Crippen molar-refractivity contribution in [3.63, 3.8) is 0 Å². The predicted octanol–water partition coefficient (Wildman–Crippen LogP) is 3.30. The zero-order chi connectivity index (χ0) is 36.1. The molecule has 4 rings (SSSR count). The fourth-order valence-corrected chi connectivity index (χ4v) is 8.22. The maximum absolute atomic E-state index is 14.6. The molecule has 2 heterocycles. The standard InChI is InChI=1S/C37H60N6O6/c1-8-15-25(31(45)33(47)38-19-9-2)39-32(46)30-28-24(37(28,6)7)21-43(30)34(48)29(23-16-11-10-12-17-23)41-35(49)40-26(36(3,4)5)22-42-20-14-13-18-27(42)44/h9,23-26,28-30H,2,8,10-22H2,1,3-7H3,(H,38,47)(H,39,46)(H2,40,41,49)/t24-,25?,26+,28-,29-,30-/m0/s1. The van der Waals surface area contributed by atoms with E-state index in [2.05, 4.69) is 41.7 Å². The van der Waals surface area contributed by atoms with Crippen LogP contribution in [0.4, 0.5) is 4.79 Å². The number of likely N-dealkylation sites (tertiary alicyclic amines) is 2. The number of fused-ring (bicyclic) bond motifs is 1. The molecule has 0 aromatic carbocycles. The van der Waals surface area contributed by atoms with E-state index in [4.69, 9.17) is 0 Å². The van der Waals surface area contributed by atoms with Gasteiger partial charge in [-0.15, -0.1) is 6.58 Å². The summed E-state index contributed by atoms with van der Waals surface area (Å²) in [5, 5.41) is 11.5. The van der Waals surface area contributed by atoms with Crippen LogP contribution in [-0.4, -0.2) is 95.6 Å². The Hall–Kier alpha value is -3.44. The highest BCUT2D eigenvalue weighted by molar-refractivity contribution is 6.38. The van der Waals surface area contributed by atoms with E-state index in [9.17, 15) is 28.8 Å². The first-order chi connectivity index (χ1) is 23.1. The number of nitrogens with one attached hydrogen (secondary N) is 4. The Morgan fingerprint density at radius 1 is 1.00 bits per heavy atom. The molecule has 1 unspecified atom stereocenters. The second-order valence-electron chi connectivity index (χ2n) is 16.3. The van der Waals surface area contributed by atoms with E-state index in [1.54, 1.807) is 4.90 Å². The summed E-state index contributed by atoms with van der Waals surface area (Å²) >= 11 is 0. The van der Waals surface area contributed by atoms with Crippen molar-refractivity contribution >= 4 is 35.4 Å². The van der Waals surface area contributed by atoms with Crippen LogP contribution in [0.25, 0.3) is 0 Å². The second-order valence-corrected chi connectivity index (χ2v) is 16.3. The van der Waals surface area contributed by atoms with Crippen LogP contribution in [0.3, 0.4) is 0 Å². The van der Waals surface area contributed by atoms with Gasteiger partial charge >= 0.3 is 6.03 Å². The van der Waals surface area contributed by atoms with Crippen molar-refractivity contribution < 1.29 is 28.8 Å². The minimum Gasteiger partial charge on any atom is -0.346 e. The molecule has 4 aliphatic rings. The molecule has 2 aliphatic heterocycles. The van der Waals surface area contributed by atoms with Crippen molar-refractivity contribution in [2.45, 2.75) is 130 Å². The number of carbonyl (C=O) groups excluding carboxylic acids is 6. The molecule has 12 nitrogen and oxygen atoms in total. The number of carbonyl (C=O) groups is 6. The molecule has 6 amide bonds. The number of hydrogen-bond acceptors (Lipinski definition) is 6. The third kappa shape index (κ3) is 9.03. The number of rotatable bonds is 14. The highest BCUT2D eigenvalue weighted by atomic mass is 16.2. The van der Waals surface area contributed by atoms with Crippen molar-refractivity contribution in [3.05, 3.63) is 12.7 Å². The topological polar surface area (TPSA) is 157 Å². The lowest BCUT2D eigenvalue weighted by atomic mass is 9.83. The number of nitrogens with zero attached hydrogens (tertiary/aromatic N) is 2. The molecule has 12 heteroatoms. The van der Waals surface area contributed by atoms with Gasteiger partial charge in [-0.3, -0.25) is 24.0 Å². The Kier molecular flexibility index (Phi) is 12.6. The van der Waals surface area contributed by atoms with E-state index in [-0.39, 0.29) is 59.4 Å². The smallest absolute Gasteiger partial charge is 0.315 e. The highest BCUT2D eigenvalue weighted by Gasteiger charge is 2.69. The first-order valence-electron chi connectivity index (χ1n) is 18.5. The largest absolute Gasteiger partial charge is 0.346 e. The molecule has 6 atom stereocenters. The molecule has 0 aromatic heterocycles. The normalized spacial score (nSPS) is 25.3. The molecule has 2 saturated heterocycles. The molecule has 2 aliphatic carbocycles. The fourth-order valence-electron chi connectivity index (χ4n) is 8.22. The van der Waals surface area contributed by atoms with Gasteiger partial charge in [0.1, 0.15) is 12.1 Å². The van der Waals surface area contributed by atoms with Gasteiger partial charge in [0.15, 0.2) is 0 Å². The summed E-state index contributed by atoms with van der Waals surface area (Å²) in [6.45, 7) is 17.3. The summed E-state index contributed by atoms with van der Waals surface area (Å²) in [5.41, 5.74) is -0.513. The number of hydrogen-bond donors (Lipinski definition) is 4. The van der Waals surface area contributed by atoms with Crippen molar-refractivity contribution in [2.75, 3.05) is 26.2 Å². The second kappa shape index (κ2) is 16.1. The third-order valence-electron chi connectivity index (χ3n) is 11.5. The SMILES string of the molecule is C=CCNC(=O)C(=O)C(CCC)NC(=O)[C@@H]1[C@@H]2[C@H](CN1C(=O)[C@@H](NC(=O)N[C@H](CN1CCCCC1=O)C(C)(C)C)C1CCCCC1)C2(C)C. The minimum absolute atomic E-state index is 0.0830. The first kappa shape index (κ1) is 38.4. The van der Waals surface area contributed by atoms with Gasteiger partial charge in [0.25, 0.3) is 5.91 Å². The van der Waals surface area contributed by atoms with Gasteiger partial charge in [0.05, 0.1) is 12.1 Å². The Morgan fingerprint density at radius 3 is 2.31 bits per heavy atom. The van der Waals surface area contributed by atoms with Gasteiger partial charge in [-0.1, -0.05) is 73.3 Å². The van der Waals surface area contributed by atoms with Crippen molar-refractivity contribution in [3.8, 4) is 0 Å². The Balaban J connectivity index is 1.54. The number of ketones is 1. The molecule has 4 fully saturated rings. The number of Topliss-reactive ketones (excluding diaryl/α,β-unsaturated/α-hetero) is 1. The van der Waals surface area contributed by atoms with Crippen LogP contribution in [0.2, 0.25) is 0 Å². The maximum Gasteiger partial charge on any atom is 0.315 e. The Labute approximate surface area is 292 Å². The van der Waals surface area contributed by atoms with E-state index in [0.717, 1.165) is 44.9 Å². The molecule has 0 aromatic rings. The van der Waals surface area contributed by atoms with Crippen LogP contribution in [0.1, 0.15) is 106 Å². The first-order valence-corrected chi connectivity index (χ1v) is 18.5. The summed E-state index contributed by atoms with van der Waals surface area (Å²) in [7, 11) is 0. The summed E-state index contributed by atoms with van der Waals surface area (Å²) in [6, 6.07) is -3.46. The van der Waals surface area contributed by atoms with Crippen LogP contribution >= 0.6 is 0 Å². The summed E-state index contributed by atoms with van der Waals surface area (Å²) in [6.07, 6.45) is 9.22. The van der Waals surface area contributed by atoms with Gasteiger partial charge in [-0.25, -0.2) is 4.79 Å². The van der Waals surface area contributed by atoms with E-state index >= 15 is 0 Å². The third-order valence-corrected chi connectivity index (χ3v) is 11.5. The highest BCUT2D eigenvalue weighted by Crippen LogP contribution is 2.65. The van der Waals surface area contributed by atoms with Gasteiger partial charge in [0.2, 0.25) is 23.5 Å². The average molecular weight is 685 g/mol. The van der Waals surface area contributed by atoms with Crippen molar-refractivity contribution in [2.24, 2.45) is 28.6 Å². The monoisotopic (exact) mass is 684 g/mol. The molecule has 2 saturated carbocycles. The van der Waals surface area contributed by atoms with E-state index < -0.39 is 41.8 Å². The Bertz CT molecular complexity index is 1270. The molecule has 0 bridgehead atoms. The van der Waals surface area contributed by atoms with Gasteiger partial charge in [-0.2, -0.15) is 0 Å². The lowest BCUT2D eigenvalue weighted by molar-refractivity contribution is -0.144. The summed E-state index contributed by atoms with van der Waals surface area (Å²) in [5.74, 6) is -2.22. The molecule has 4 N–H and O–H groups in total. The summed E-state index contributed by atoms with van der Waals surface area (Å²) < 4.78 is 0. The van der Waals surface area contributed by atoms with Gasteiger partial charge in [-0.05, 0) is 60.7 Å². The fraction of sp³-hybridized carbons (Fsp3) is 0.784. The van der Waals surface area contributed by atoms with Crippen LogP contribution in [-0.2, 0) is 24.0 Å². The van der Waals surface area contributed by atoms with E-state index in [1.165, 1.54) is 6.08 Å². The molecular weight excluding hydrogens is 624 g/mol. The maximum atomic E-state index is 14.6. The lowest BCUT2D eigenvalue weighted by Gasteiger charge is -2.39. The molecule has 49 heavy (non-hydrogen) atoms. The van der Waals surface area contributed by atoms with Crippen molar-refractivity contribution in [1.29, 1.82) is 0 Å².